The summed E-state index contributed by atoms with van der Waals surface area (Å²) >= 11 is 0. The third-order valence-electron chi connectivity index (χ3n) is 3.26. The van der Waals surface area contributed by atoms with E-state index in [0.29, 0.717) is 6.10 Å². The Bertz CT molecular complexity index is 498. The Hall–Kier alpha value is -1.35. The Labute approximate surface area is 95.0 Å². The summed E-state index contributed by atoms with van der Waals surface area (Å²) < 4.78 is 7.95. The maximum absolute atomic E-state index is 5.68. The van der Waals surface area contributed by atoms with E-state index in [1.165, 1.54) is 18.4 Å². The van der Waals surface area contributed by atoms with Crippen LogP contribution in [0, 0.1) is 6.92 Å². The molecule has 3 rings (SSSR count). The Morgan fingerprint density at radius 3 is 3.12 bits per heavy atom. The quantitative estimate of drug-likeness (QED) is 0.771. The molecule has 2 aromatic rings. The van der Waals surface area contributed by atoms with Gasteiger partial charge in [0.05, 0.1) is 23.7 Å². The number of imidazole rings is 1. The molecular weight excluding hydrogens is 200 g/mol. The van der Waals surface area contributed by atoms with Crippen molar-refractivity contribution in [2.75, 3.05) is 6.61 Å². The van der Waals surface area contributed by atoms with Gasteiger partial charge in [-0.05, 0) is 31.9 Å². The van der Waals surface area contributed by atoms with E-state index in [0.717, 1.165) is 24.5 Å². The predicted octanol–water partition coefficient (Wildman–Crippen LogP) is 2.52. The van der Waals surface area contributed by atoms with E-state index in [1.807, 2.05) is 6.07 Å². The summed E-state index contributed by atoms with van der Waals surface area (Å²) in [7, 11) is 0. The molecule has 1 saturated heterocycles. The minimum Gasteiger partial charge on any atom is -0.376 e. The highest BCUT2D eigenvalue weighted by Crippen LogP contribution is 2.20. The first kappa shape index (κ1) is 9.85. The van der Waals surface area contributed by atoms with Gasteiger partial charge in [0.1, 0.15) is 5.82 Å². The highest BCUT2D eigenvalue weighted by atomic mass is 16.5. The van der Waals surface area contributed by atoms with Crippen molar-refractivity contribution in [3.05, 3.63) is 30.1 Å². The van der Waals surface area contributed by atoms with Gasteiger partial charge >= 0.3 is 0 Å². The van der Waals surface area contributed by atoms with E-state index in [2.05, 4.69) is 34.7 Å². The van der Waals surface area contributed by atoms with Gasteiger partial charge in [0.25, 0.3) is 0 Å². The molecule has 1 aromatic heterocycles. The summed E-state index contributed by atoms with van der Waals surface area (Å²) in [5.74, 6) is 1.08. The lowest BCUT2D eigenvalue weighted by Crippen LogP contribution is -2.15. The Kier molecular flexibility index (Phi) is 2.40. The minimum atomic E-state index is 0.372. The topological polar surface area (TPSA) is 27.1 Å². The maximum atomic E-state index is 5.68. The molecule has 1 atom stereocenters. The molecule has 0 saturated carbocycles. The fourth-order valence-electron chi connectivity index (χ4n) is 2.42. The monoisotopic (exact) mass is 216 g/mol. The zero-order valence-electron chi connectivity index (χ0n) is 9.52. The van der Waals surface area contributed by atoms with E-state index in [1.54, 1.807) is 0 Å². The van der Waals surface area contributed by atoms with Gasteiger partial charge in [-0.15, -0.1) is 0 Å². The van der Waals surface area contributed by atoms with Gasteiger partial charge in [0.15, 0.2) is 0 Å². The van der Waals surface area contributed by atoms with Gasteiger partial charge in [0, 0.05) is 6.61 Å². The Morgan fingerprint density at radius 1 is 1.44 bits per heavy atom. The van der Waals surface area contributed by atoms with Gasteiger partial charge in [-0.3, -0.25) is 0 Å². The summed E-state index contributed by atoms with van der Waals surface area (Å²) in [6.07, 6.45) is 2.73. The number of aromatic nitrogens is 2. The number of benzene rings is 1. The van der Waals surface area contributed by atoms with E-state index in [4.69, 9.17) is 4.74 Å². The average Bonchev–Trinajstić information content (AvgIpc) is 2.89. The molecule has 84 valence electrons. The largest absolute Gasteiger partial charge is 0.376 e. The Balaban J connectivity index is 1.98. The number of hydrogen-bond donors (Lipinski definition) is 0. The van der Waals surface area contributed by atoms with Crippen molar-refractivity contribution < 1.29 is 4.74 Å². The summed E-state index contributed by atoms with van der Waals surface area (Å²) in [4.78, 5) is 4.56. The molecule has 2 heterocycles. The molecule has 16 heavy (non-hydrogen) atoms. The fraction of sp³-hybridized carbons (Fsp3) is 0.462. The Morgan fingerprint density at radius 2 is 2.31 bits per heavy atom. The molecule has 0 radical (unpaired) electrons. The van der Waals surface area contributed by atoms with Crippen LogP contribution in [0.15, 0.2) is 24.3 Å². The first-order chi connectivity index (χ1) is 7.84. The predicted molar refractivity (Wildman–Crippen MR) is 63.4 cm³/mol. The van der Waals surface area contributed by atoms with Gasteiger partial charge in [-0.25, -0.2) is 4.98 Å². The molecule has 0 aliphatic carbocycles. The van der Waals surface area contributed by atoms with Crippen molar-refractivity contribution in [3.63, 3.8) is 0 Å². The summed E-state index contributed by atoms with van der Waals surface area (Å²) in [6.45, 7) is 3.91. The summed E-state index contributed by atoms with van der Waals surface area (Å²) in [5, 5.41) is 0. The van der Waals surface area contributed by atoms with Crippen molar-refractivity contribution in [3.8, 4) is 0 Å². The first-order valence-electron chi connectivity index (χ1n) is 5.88. The second-order valence-corrected chi connectivity index (χ2v) is 4.39. The van der Waals surface area contributed by atoms with Crippen molar-refractivity contribution in [1.29, 1.82) is 0 Å². The molecule has 0 spiro atoms. The lowest BCUT2D eigenvalue weighted by Gasteiger charge is -2.12. The zero-order valence-corrected chi connectivity index (χ0v) is 9.52. The van der Waals surface area contributed by atoms with Crippen LogP contribution in [0.3, 0.4) is 0 Å². The first-order valence-corrected chi connectivity index (χ1v) is 5.88. The van der Waals surface area contributed by atoms with Gasteiger partial charge < -0.3 is 9.30 Å². The number of rotatable bonds is 2. The lowest BCUT2D eigenvalue weighted by atomic mass is 10.2. The van der Waals surface area contributed by atoms with Crippen molar-refractivity contribution in [1.82, 2.24) is 9.55 Å². The smallest absolute Gasteiger partial charge is 0.106 e. The molecule has 1 fully saturated rings. The zero-order chi connectivity index (χ0) is 11.0. The highest BCUT2D eigenvalue weighted by molar-refractivity contribution is 5.75. The number of nitrogens with zero attached hydrogens (tertiary/aromatic N) is 2. The molecule has 3 nitrogen and oxygen atoms in total. The van der Waals surface area contributed by atoms with Crippen LogP contribution < -0.4 is 0 Å². The van der Waals surface area contributed by atoms with Crippen molar-refractivity contribution in [2.24, 2.45) is 0 Å². The molecule has 3 heteroatoms. The van der Waals surface area contributed by atoms with Crippen LogP contribution in [-0.4, -0.2) is 22.3 Å². The van der Waals surface area contributed by atoms with Crippen LogP contribution >= 0.6 is 0 Å². The number of ether oxygens (including phenoxy) is 1. The van der Waals surface area contributed by atoms with Crippen molar-refractivity contribution >= 4 is 11.0 Å². The summed E-state index contributed by atoms with van der Waals surface area (Å²) in [6, 6.07) is 8.29. The normalized spacial score (nSPS) is 20.7. The standard InChI is InChI=1S/C13H16N2O/c1-10-14-12-6-2-3-7-13(12)15(10)9-11-5-4-8-16-11/h2-3,6-7,11H,4-5,8-9H2,1H3. The van der Waals surface area contributed by atoms with Crippen LogP contribution in [0.2, 0.25) is 0 Å². The van der Waals surface area contributed by atoms with Gasteiger partial charge in [-0.1, -0.05) is 12.1 Å². The van der Waals surface area contributed by atoms with E-state index in [-0.39, 0.29) is 0 Å². The van der Waals surface area contributed by atoms with Crippen molar-refractivity contribution in [2.45, 2.75) is 32.4 Å². The van der Waals surface area contributed by atoms with Gasteiger partial charge in [0.2, 0.25) is 0 Å². The second kappa shape index (κ2) is 3.91. The lowest BCUT2D eigenvalue weighted by molar-refractivity contribution is 0.0974. The third kappa shape index (κ3) is 1.61. The number of hydrogen-bond acceptors (Lipinski definition) is 2. The van der Waals surface area contributed by atoms with Crippen LogP contribution in [0.1, 0.15) is 18.7 Å². The van der Waals surface area contributed by atoms with Crippen LogP contribution in [0.25, 0.3) is 11.0 Å². The SMILES string of the molecule is Cc1nc2ccccc2n1CC1CCCO1. The van der Waals surface area contributed by atoms with Crippen LogP contribution in [0.5, 0.6) is 0 Å². The molecule has 1 aliphatic rings. The highest BCUT2D eigenvalue weighted by Gasteiger charge is 2.18. The van der Waals surface area contributed by atoms with Crippen LogP contribution in [-0.2, 0) is 11.3 Å². The molecule has 1 aliphatic heterocycles. The average molecular weight is 216 g/mol. The maximum Gasteiger partial charge on any atom is 0.106 e. The fourth-order valence-corrected chi connectivity index (χ4v) is 2.42. The third-order valence-corrected chi connectivity index (χ3v) is 3.26. The molecule has 1 unspecified atom stereocenters. The molecule has 0 amide bonds. The molecule has 0 N–H and O–H groups in total. The minimum absolute atomic E-state index is 0.372. The molecule has 0 bridgehead atoms. The number of aryl methyl sites for hydroxylation is 1. The van der Waals surface area contributed by atoms with E-state index >= 15 is 0 Å². The van der Waals surface area contributed by atoms with Gasteiger partial charge in [-0.2, -0.15) is 0 Å². The second-order valence-electron chi connectivity index (χ2n) is 4.39. The van der Waals surface area contributed by atoms with E-state index in [9.17, 15) is 0 Å². The number of para-hydroxylation sites is 2. The molecular formula is C13H16N2O. The summed E-state index contributed by atoms with van der Waals surface area (Å²) in [5.41, 5.74) is 2.30. The molecule has 1 aromatic carbocycles. The number of fused-ring (bicyclic) bond motifs is 1. The van der Waals surface area contributed by atoms with E-state index < -0.39 is 0 Å². The van der Waals surface area contributed by atoms with Crippen LogP contribution in [0.4, 0.5) is 0 Å².